The summed E-state index contributed by atoms with van der Waals surface area (Å²) in [6.07, 6.45) is 0.816. The van der Waals surface area contributed by atoms with Gasteiger partial charge in [-0.3, -0.25) is 4.79 Å². The Labute approximate surface area is 113 Å². The van der Waals surface area contributed by atoms with Gasteiger partial charge < -0.3 is 5.32 Å². The highest BCUT2D eigenvalue weighted by molar-refractivity contribution is 6.17. The summed E-state index contributed by atoms with van der Waals surface area (Å²) in [4.78, 5) is 12.0. The maximum Gasteiger partial charge on any atom is 0.251 e. The van der Waals surface area contributed by atoms with Gasteiger partial charge in [-0.2, -0.15) is 0 Å². The molecule has 1 amide bonds. The Balaban J connectivity index is 2.69. The molecule has 0 saturated carbocycles. The van der Waals surface area contributed by atoms with Gasteiger partial charge in [0.1, 0.15) is 5.82 Å². The van der Waals surface area contributed by atoms with Gasteiger partial charge in [0.2, 0.25) is 0 Å². The predicted octanol–water partition coefficient (Wildman–Crippen LogP) is 3.52. The standard InChI is InChI=1S/C14H19ClFNO/c1-10-4-5-11(16)8-12(10)13(18)17-9-14(2,3)6-7-15/h4-5,8H,6-7,9H2,1-3H3,(H,17,18). The molecule has 2 nitrogen and oxygen atoms in total. The largest absolute Gasteiger partial charge is 0.351 e. The number of carbonyl (C=O) groups is 1. The van der Waals surface area contributed by atoms with Crippen molar-refractivity contribution in [1.82, 2.24) is 5.32 Å². The van der Waals surface area contributed by atoms with Gasteiger partial charge in [0.05, 0.1) is 0 Å². The minimum absolute atomic E-state index is 0.0569. The molecule has 1 aromatic carbocycles. The van der Waals surface area contributed by atoms with E-state index in [-0.39, 0.29) is 11.3 Å². The molecule has 0 aliphatic rings. The van der Waals surface area contributed by atoms with Gasteiger partial charge in [-0.25, -0.2) is 4.39 Å². The maximum absolute atomic E-state index is 13.1. The molecule has 0 spiro atoms. The summed E-state index contributed by atoms with van der Waals surface area (Å²) in [7, 11) is 0. The molecule has 0 aliphatic carbocycles. The Morgan fingerprint density at radius 3 is 2.72 bits per heavy atom. The van der Waals surface area contributed by atoms with E-state index in [1.807, 2.05) is 13.8 Å². The Kier molecular flexibility index (Phi) is 5.15. The van der Waals surface area contributed by atoms with Crippen LogP contribution in [-0.2, 0) is 0 Å². The summed E-state index contributed by atoms with van der Waals surface area (Å²) in [5.74, 6) is -0.0811. The number of nitrogens with one attached hydrogen (secondary N) is 1. The molecule has 18 heavy (non-hydrogen) atoms. The second-order valence-corrected chi connectivity index (χ2v) is 5.62. The highest BCUT2D eigenvalue weighted by atomic mass is 35.5. The summed E-state index contributed by atoms with van der Waals surface area (Å²) in [5, 5.41) is 2.83. The number of aryl methyl sites for hydroxylation is 1. The normalized spacial score (nSPS) is 11.4. The van der Waals surface area contributed by atoms with E-state index < -0.39 is 5.82 Å². The molecular formula is C14H19ClFNO. The van der Waals surface area contributed by atoms with Gasteiger partial charge in [-0.05, 0) is 36.5 Å². The van der Waals surface area contributed by atoms with Crippen molar-refractivity contribution in [3.63, 3.8) is 0 Å². The quantitative estimate of drug-likeness (QED) is 0.816. The van der Waals surface area contributed by atoms with E-state index >= 15 is 0 Å². The zero-order chi connectivity index (χ0) is 13.8. The second kappa shape index (κ2) is 6.19. The predicted molar refractivity (Wildman–Crippen MR) is 72.6 cm³/mol. The van der Waals surface area contributed by atoms with Crippen LogP contribution in [0.1, 0.15) is 36.2 Å². The van der Waals surface area contributed by atoms with Gasteiger partial charge in [0, 0.05) is 18.0 Å². The number of alkyl halides is 1. The first-order valence-electron chi connectivity index (χ1n) is 5.96. The van der Waals surface area contributed by atoms with Crippen molar-refractivity contribution in [1.29, 1.82) is 0 Å². The van der Waals surface area contributed by atoms with Gasteiger partial charge in [0.15, 0.2) is 0 Å². The van der Waals surface area contributed by atoms with Crippen LogP contribution in [0.5, 0.6) is 0 Å². The van der Waals surface area contributed by atoms with Gasteiger partial charge in [-0.1, -0.05) is 19.9 Å². The van der Waals surface area contributed by atoms with Crippen molar-refractivity contribution >= 4 is 17.5 Å². The van der Waals surface area contributed by atoms with Crippen LogP contribution in [0.3, 0.4) is 0 Å². The number of rotatable bonds is 5. The van der Waals surface area contributed by atoms with Gasteiger partial charge in [0.25, 0.3) is 5.91 Å². The van der Waals surface area contributed by atoms with E-state index in [9.17, 15) is 9.18 Å². The van der Waals surface area contributed by atoms with E-state index in [0.717, 1.165) is 12.0 Å². The zero-order valence-corrected chi connectivity index (χ0v) is 11.8. The highest BCUT2D eigenvalue weighted by Gasteiger charge is 2.19. The first-order chi connectivity index (χ1) is 8.35. The molecule has 0 heterocycles. The Bertz CT molecular complexity index is 432. The summed E-state index contributed by atoms with van der Waals surface area (Å²) in [6, 6.07) is 4.22. The lowest BCUT2D eigenvalue weighted by Gasteiger charge is -2.24. The Hall–Kier alpha value is -1.09. The topological polar surface area (TPSA) is 29.1 Å². The van der Waals surface area contributed by atoms with Crippen LogP contribution in [0.25, 0.3) is 0 Å². The molecule has 0 radical (unpaired) electrons. The molecule has 0 aromatic heterocycles. The van der Waals surface area contributed by atoms with Crippen molar-refractivity contribution in [2.24, 2.45) is 5.41 Å². The Morgan fingerprint density at radius 2 is 2.11 bits per heavy atom. The second-order valence-electron chi connectivity index (χ2n) is 5.25. The van der Waals surface area contributed by atoms with Crippen LogP contribution in [0.2, 0.25) is 0 Å². The van der Waals surface area contributed by atoms with Crippen molar-refractivity contribution in [2.75, 3.05) is 12.4 Å². The lowest BCUT2D eigenvalue weighted by atomic mass is 9.90. The van der Waals surface area contributed by atoms with E-state index in [4.69, 9.17) is 11.6 Å². The van der Waals surface area contributed by atoms with E-state index in [0.29, 0.717) is 18.0 Å². The molecule has 0 unspecified atom stereocenters. The van der Waals surface area contributed by atoms with E-state index in [1.54, 1.807) is 13.0 Å². The van der Waals surface area contributed by atoms with Gasteiger partial charge >= 0.3 is 0 Å². The first-order valence-corrected chi connectivity index (χ1v) is 6.49. The van der Waals surface area contributed by atoms with Gasteiger partial charge in [-0.15, -0.1) is 11.6 Å². The van der Waals surface area contributed by atoms with Crippen molar-refractivity contribution in [3.05, 3.63) is 35.1 Å². The van der Waals surface area contributed by atoms with Crippen LogP contribution in [0, 0.1) is 18.2 Å². The first kappa shape index (κ1) is 15.0. The number of hydrogen-bond acceptors (Lipinski definition) is 1. The summed E-state index contributed by atoms with van der Waals surface area (Å²) < 4.78 is 13.1. The number of halogens is 2. The van der Waals surface area contributed by atoms with Crippen LogP contribution in [0.15, 0.2) is 18.2 Å². The van der Waals surface area contributed by atoms with Crippen molar-refractivity contribution in [2.45, 2.75) is 27.2 Å². The summed E-state index contributed by atoms with van der Waals surface area (Å²) >= 11 is 5.70. The average molecular weight is 272 g/mol. The van der Waals surface area contributed by atoms with Crippen molar-refractivity contribution in [3.8, 4) is 0 Å². The highest BCUT2D eigenvalue weighted by Crippen LogP contribution is 2.20. The molecule has 0 saturated heterocycles. The number of amides is 1. The molecule has 0 aliphatic heterocycles. The van der Waals surface area contributed by atoms with E-state index in [1.165, 1.54) is 12.1 Å². The molecule has 0 bridgehead atoms. The monoisotopic (exact) mass is 271 g/mol. The molecule has 1 rings (SSSR count). The Morgan fingerprint density at radius 1 is 1.44 bits per heavy atom. The molecule has 100 valence electrons. The number of hydrogen-bond donors (Lipinski definition) is 1. The molecule has 0 fully saturated rings. The lowest BCUT2D eigenvalue weighted by Crippen LogP contribution is -2.34. The summed E-state index contributed by atoms with van der Waals surface area (Å²) in [5.41, 5.74) is 1.10. The van der Waals surface area contributed by atoms with Crippen LogP contribution in [0.4, 0.5) is 4.39 Å². The lowest BCUT2D eigenvalue weighted by molar-refractivity contribution is 0.0935. The molecule has 1 aromatic rings. The van der Waals surface area contributed by atoms with E-state index in [2.05, 4.69) is 5.32 Å². The minimum Gasteiger partial charge on any atom is -0.351 e. The fourth-order valence-electron chi connectivity index (χ4n) is 1.60. The number of benzene rings is 1. The average Bonchev–Trinajstić information content (AvgIpc) is 2.29. The molecule has 1 N–H and O–H groups in total. The third-order valence-electron chi connectivity index (χ3n) is 2.94. The third-order valence-corrected chi connectivity index (χ3v) is 3.13. The third kappa shape index (κ3) is 4.30. The number of carbonyl (C=O) groups excluding carboxylic acids is 1. The fraction of sp³-hybridized carbons (Fsp3) is 0.500. The SMILES string of the molecule is Cc1ccc(F)cc1C(=O)NCC(C)(C)CCCl. The summed E-state index contributed by atoms with van der Waals surface area (Å²) in [6.45, 7) is 6.38. The van der Waals surface area contributed by atoms with Crippen LogP contribution >= 0.6 is 11.6 Å². The van der Waals surface area contributed by atoms with Crippen molar-refractivity contribution < 1.29 is 9.18 Å². The fourth-order valence-corrected chi connectivity index (χ4v) is 2.11. The molecular weight excluding hydrogens is 253 g/mol. The molecule has 0 atom stereocenters. The maximum atomic E-state index is 13.1. The minimum atomic E-state index is -0.397. The van der Waals surface area contributed by atoms with Crippen LogP contribution in [-0.4, -0.2) is 18.3 Å². The van der Waals surface area contributed by atoms with Crippen LogP contribution < -0.4 is 5.32 Å². The smallest absolute Gasteiger partial charge is 0.251 e. The molecule has 4 heteroatoms. The zero-order valence-electron chi connectivity index (χ0n) is 11.0.